The summed E-state index contributed by atoms with van der Waals surface area (Å²) >= 11 is 1.55. The first kappa shape index (κ1) is 27.9. The molecule has 4 rings (SSSR count). The van der Waals surface area contributed by atoms with Crippen molar-refractivity contribution in [3.63, 3.8) is 0 Å². The Kier molecular flexibility index (Phi) is 10.1. The first-order valence-corrected chi connectivity index (χ1v) is 14.3. The van der Waals surface area contributed by atoms with Crippen LogP contribution in [0.3, 0.4) is 0 Å². The number of hydrogen-bond acceptors (Lipinski definition) is 5. The molecule has 0 N–H and O–H groups in total. The van der Waals surface area contributed by atoms with Crippen LogP contribution < -0.4 is 4.90 Å². The van der Waals surface area contributed by atoms with Gasteiger partial charge in [-0.3, -0.25) is 0 Å². The van der Waals surface area contributed by atoms with E-state index in [1.807, 2.05) is 54.6 Å². The molecule has 0 saturated heterocycles. The van der Waals surface area contributed by atoms with Crippen LogP contribution in [0.1, 0.15) is 44.4 Å². The molecule has 0 radical (unpaired) electrons. The highest BCUT2D eigenvalue weighted by Crippen LogP contribution is 2.36. The Morgan fingerprint density at radius 1 is 0.897 bits per heavy atom. The molecule has 0 amide bonds. The first-order valence-electron chi connectivity index (χ1n) is 13.5. The van der Waals surface area contributed by atoms with Crippen LogP contribution in [0.15, 0.2) is 103 Å². The molecule has 3 aromatic carbocycles. The van der Waals surface area contributed by atoms with E-state index in [0.717, 1.165) is 58.1 Å². The van der Waals surface area contributed by atoms with E-state index < -0.39 is 5.97 Å². The van der Waals surface area contributed by atoms with Crippen molar-refractivity contribution in [1.29, 1.82) is 5.26 Å². The molecule has 0 bridgehead atoms. The Balaban J connectivity index is 1.49. The van der Waals surface area contributed by atoms with Gasteiger partial charge in [-0.2, -0.15) is 5.26 Å². The topological polar surface area (TPSA) is 53.3 Å². The Bertz CT molecular complexity index is 1360. The van der Waals surface area contributed by atoms with Crippen LogP contribution in [-0.2, 0) is 9.53 Å². The molecule has 39 heavy (non-hydrogen) atoms. The Morgan fingerprint density at radius 3 is 2.08 bits per heavy atom. The van der Waals surface area contributed by atoms with E-state index in [1.165, 1.54) is 0 Å². The number of carbonyl (C=O) groups excluding carboxylic acids is 1. The highest BCUT2D eigenvalue weighted by molar-refractivity contribution is 7.16. The molecule has 1 heterocycles. The van der Waals surface area contributed by atoms with E-state index in [9.17, 15) is 10.1 Å². The minimum absolute atomic E-state index is 0.0328. The summed E-state index contributed by atoms with van der Waals surface area (Å²) in [5.74, 6) is -0.210. The van der Waals surface area contributed by atoms with Crippen LogP contribution >= 0.6 is 11.3 Å². The van der Waals surface area contributed by atoms with Crippen molar-refractivity contribution in [2.24, 2.45) is 5.92 Å². The zero-order valence-electron chi connectivity index (χ0n) is 22.5. The highest BCUT2D eigenvalue weighted by Gasteiger charge is 2.16. The van der Waals surface area contributed by atoms with E-state index in [-0.39, 0.29) is 5.57 Å². The smallest absolute Gasteiger partial charge is 0.348 e. The Labute approximate surface area is 235 Å². The number of carbonyl (C=O) groups is 1. The van der Waals surface area contributed by atoms with Gasteiger partial charge in [0.15, 0.2) is 0 Å². The van der Waals surface area contributed by atoms with Crippen molar-refractivity contribution in [2.75, 3.05) is 11.5 Å². The summed E-state index contributed by atoms with van der Waals surface area (Å²) in [4.78, 5) is 16.7. The number of esters is 1. The lowest BCUT2D eigenvalue weighted by atomic mass is 10.0. The van der Waals surface area contributed by atoms with Gasteiger partial charge in [0.05, 0.1) is 6.61 Å². The SMILES string of the molecule is CCCCC(CC)COC(=O)/C(C#N)=C/c1ccc(-c2ccc(N(c3ccccc3)c3ccccc3)cc2)s1. The number of nitriles is 1. The number of unbranched alkanes of at least 4 members (excludes halogenated alkanes) is 1. The number of benzene rings is 3. The van der Waals surface area contributed by atoms with E-state index in [1.54, 1.807) is 17.4 Å². The monoisotopic (exact) mass is 534 g/mol. The second-order valence-corrected chi connectivity index (χ2v) is 10.6. The summed E-state index contributed by atoms with van der Waals surface area (Å²) in [6.07, 6.45) is 5.86. The van der Waals surface area contributed by atoms with Crippen LogP contribution in [0, 0.1) is 17.2 Å². The van der Waals surface area contributed by atoms with Crippen LogP contribution in [0.4, 0.5) is 17.1 Å². The van der Waals surface area contributed by atoms with Gasteiger partial charge in [-0.1, -0.05) is 81.6 Å². The Morgan fingerprint density at radius 2 is 1.51 bits per heavy atom. The average Bonchev–Trinajstić information content (AvgIpc) is 3.46. The van der Waals surface area contributed by atoms with Gasteiger partial charge < -0.3 is 9.64 Å². The number of thiophene rings is 1. The fourth-order valence-electron chi connectivity index (χ4n) is 4.41. The molecule has 5 heteroatoms. The minimum atomic E-state index is -0.548. The standard InChI is InChI=1S/C34H34N2O2S/c1-3-5-12-26(4-2)25-38-34(37)28(24-35)23-32-21-22-33(39-32)27-17-19-31(20-18-27)36(29-13-8-6-9-14-29)30-15-10-7-11-16-30/h6-11,13-23,26H,3-5,12,25H2,1-2H3/b28-23+. The second-order valence-electron chi connectivity index (χ2n) is 9.44. The lowest BCUT2D eigenvalue weighted by Gasteiger charge is -2.25. The summed E-state index contributed by atoms with van der Waals surface area (Å²) in [5.41, 5.74) is 4.35. The molecule has 1 aromatic heterocycles. The van der Waals surface area contributed by atoms with E-state index in [2.05, 4.69) is 67.3 Å². The van der Waals surface area contributed by atoms with Gasteiger partial charge in [-0.15, -0.1) is 11.3 Å². The van der Waals surface area contributed by atoms with Crippen molar-refractivity contribution < 1.29 is 9.53 Å². The van der Waals surface area contributed by atoms with Crippen molar-refractivity contribution in [2.45, 2.75) is 39.5 Å². The molecule has 4 aromatic rings. The van der Waals surface area contributed by atoms with E-state index in [0.29, 0.717) is 12.5 Å². The van der Waals surface area contributed by atoms with Crippen molar-refractivity contribution in [3.8, 4) is 16.5 Å². The van der Waals surface area contributed by atoms with Crippen molar-refractivity contribution in [1.82, 2.24) is 0 Å². The number of rotatable bonds is 12. The molecule has 198 valence electrons. The number of anilines is 3. The van der Waals surface area contributed by atoms with Crippen LogP contribution in [0.5, 0.6) is 0 Å². The lowest BCUT2D eigenvalue weighted by Crippen LogP contribution is -2.14. The fraction of sp³-hybridized carbons (Fsp3) is 0.235. The van der Waals surface area contributed by atoms with Crippen LogP contribution in [0.2, 0.25) is 0 Å². The predicted molar refractivity (Wildman–Crippen MR) is 162 cm³/mol. The number of hydrogen-bond donors (Lipinski definition) is 0. The van der Waals surface area contributed by atoms with Gasteiger partial charge in [0, 0.05) is 26.8 Å². The predicted octanol–water partition coefficient (Wildman–Crippen LogP) is 9.55. The van der Waals surface area contributed by atoms with Crippen molar-refractivity contribution in [3.05, 3.63) is 108 Å². The number of ether oxygens (including phenoxy) is 1. The maximum absolute atomic E-state index is 12.6. The summed E-state index contributed by atoms with van der Waals surface area (Å²) < 4.78 is 5.49. The molecule has 1 atom stereocenters. The molecule has 0 spiro atoms. The lowest BCUT2D eigenvalue weighted by molar-refractivity contribution is -0.139. The van der Waals surface area contributed by atoms with Gasteiger partial charge >= 0.3 is 5.97 Å². The third-order valence-electron chi connectivity index (χ3n) is 6.69. The molecular weight excluding hydrogens is 500 g/mol. The maximum atomic E-state index is 12.6. The molecule has 0 aliphatic heterocycles. The quantitative estimate of drug-likeness (QED) is 0.103. The van der Waals surface area contributed by atoms with Gasteiger partial charge in [0.25, 0.3) is 0 Å². The zero-order chi connectivity index (χ0) is 27.5. The first-order chi connectivity index (χ1) is 19.1. The van der Waals surface area contributed by atoms with Gasteiger partial charge in [0.1, 0.15) is 11.6 Å². The van der Waals surface area contributed by atoms with Gasteiger partial charge in [-0.25, -0.2) is 4.79 Å². The number of para-hydroxylation sites is 2. The molecule has 0 saturated carbocycles. The average molecular weight is 535 g/mol. The molecule has 0 aliphatic rings. The normalized spacial score (nSPS) is 12.0. The molecule has 0 aliphatic carbocycles. The van der Waals surface area contributed by atoms with E-state index >= 15 is 0 Å². The second kappa shape index (κ2) is 14.1. The highest BCUT2D eigenvalue weighted by atomic mass is 32.1. The van der Waals surface area contributed by atoms with Gasteiger partial charge in [-0.05, 0) is 72.5 Å². The molecular formula is C34H34N2O2S. The Hall–Kier alpha value is -4.14. The zero-order valence-corrected chi connectivity index (χ0v) is 23.4. The van der Waals surface area contributed by atoms with Crippen LogP contribution in [-0.4, -0.2) is 12.6 Å². The fourth-order valence-corrected chi connectivity index (χ4v) is 5.37. The van der Waals surface area contributed by atoms with E-state index in [4.69, 9.17) is 4.74 Å². The summed E-state index contributed by atoms with van der Waals surface area (Å²) in [6, 6.07) is 35.0. The summed E-state index contributed by atoms with van der Waals surface area (Å²) in [5, 5.41) is 9.60. The third kappa shape index (κ3) is 7.46. The number of nitrogens with zero attached hydrogens (tertiary/aromatic N) is 2. The largest absolute Gasteiger partial charge is 0.461 e. The minimum Gasteiger partial charge on any atom is -0.461 e. The summed E-state index contributed by atoms with van der Waals surface area (Å²) in [6.45, 7) is 4.62. The van der Waals surface area contributed by atoms with Gasteiger partial charge in [0.2, 0.25) is 0 Å². The van der Waals surface area contributed by atoms with Crippen molar-refractivity contribution >= 4 is 40.4 Å². The molecule has 4 nitrogen and oxygen atoms in total. The molecule has 0 fully saturated rings. The maximum Gasteiger partial charge on any atom is 0.348 e. The third-order valence-corrected chi connectivity index (χ3v) is 7.77. The van der Waals surface area contributed by atoms with Crippen LogP contribution in [0.25, 0.3) is 16.5 Å². The summed E-state index contributed by atoms with van der Waals surface area (Å²) in [7, 11) is 0. The molecule has 1 unspecified atom stereocenters.